The molecule has 0 saturated heterocycles. The van der Waals surface area contributed by atoms with E-state index in [-0.39, 0.29) is 5.75 Å². The molecule has 1 heterocycles. The van der Waals surface area contributed by atoms with Gasteiger partial charge in [-0.2, -0.15) is 4.98 Å². The van der Waals surface area contributed by atoms with Gasteiger partial charge in [-0.15, -0.1) is 0 Å². The van der Waals surface area contributed by atoms with Gasteiger partial charge in [0.15, 0.2) is 0 Å². The molecule has 90 valence electrons. The lowest BCUT2D eigenvalue weighted by molar-refractivity contribution is 0.384. The van der Waals surface area contributed by atoms with Crippen molar-refractivity contribution in [1.29, 1.82) is 0 Å². The van der Waals surface area contributed by atoms with E-state index < -0.39 is 0 Å². The molecule has 0 bridgehead atoms. The Balaban J connectivity index is 2.08. The van der Waals surface area contributed by atoms with Gasteiger partial charge in [0.2, 0.25) is 5.89 Å². The number of anilines is 1. The maximum absolute atomic E-state index is 9.17. The summed E-state index contributed by atoms with van der Waals surface area (Å²) in [6.07, 6.45) is 0.574. The molecule has 17 heavy (non-hydrogen) atoms. The molecule has 1 aromatic carbocycles. The third kappa shape index (κ3) is 2.75. The van der Waals surface area contributed by atoms with Crippen LogP contribution in [0.15, 0.2) is 28.8 Å². The Bertz CT molecular complexity index is 479. The van der Waals surface area contributed by atoms with Crippen LogP contribution in [0.5, 0.6) is 5.75 Å². The van der Waals surface area contributed by atoms with Crippen molar-refractivity contribution in [2.75, 3.05) is 18.5 Å². The minimum absolute atomic E-state index is 0.255. The minimum Gasteiger partial charge on any atom is -0.508 e. The summed E-state index contributed by atoms with van der Waals surface area (Å²) in [5.74, 6) is 1.43. The van der Waals surface area contributed by atoms with Crippen LogP contribution >= 0.6 is 0 Å². The zero-order chi connectivity index (χ0) is 12.3. The highest BCUT2D eigenvalue weighted by Gasteiger charge is 2.09. The Hall–Kier alpha value is -2.04. The molecule has 1 aromatic heterocycles. The predicted octanol–water partition coefficient (Wildman–Crippen LogP) is 1.82. The Morgan fingerprint density at radius 3 is 2.65 bits per heavy atom. The van der Waals surface area contributed by atoms with E-state index >= 15 is 0 Å². The van der Waals surface area contributed by atoms with Crippen molar-refractivity contribution in [3.63, 3.8) is 0 Å². The van der Waals surface area contributed by atoms with Crippen LogP contribution in [0.4, 0.5) is 5.95 Å². The molecular formula is C12H15N3O2. The monoisotopic (exact) mass is 233 g/mol. The molecule has 0 unspecified atom stereocenters. The molecular weight excluding hydrogens is 218 g/mol. The number of rotatable bonds is 4. The fourth-order valence-corrected chi connectivity index (χ4v) is 1.40. The number of phenols is 1. The number of aromatic hydroxyl groups is 1. The summed E-state index contributed by atoms with van der Waals surface area (Å²) in [5.41, 5.74) is 1.03. The van der Waals surface area contributed by atoms with Gasteiger partial charge in [0.05, 0.1) is 6.42 Å². The number of hydrogen-bond donors (Lipinski definition) is 1. The van der Waals surface area contributed by atoms with Crippen molar-refractivity contribution in [2.45, 2.75) is 13.3 Å². The molecule has 0 amide bonds. The summed E-state index contributed by atoms with van der Waals surface area (Å²) in [6.45, 7) is 2.86. The topological polar surface area (TPSA) is 62.4 Å². The molecule has 5 nitrogen and oxygen atoms in total. The molecule has 1 N–H and O–H groups in total. The molecule has 0 atom stereocenters. The molecule has 2 rings (SSSR count). The molecule has 0 aliphatic carbocycles. The summed E-state index contributed by atoms with van der Waals surface area (Å²) >= 11 is 0. The number of benzene rings is 1. The molecule has 0 aliphatic rings. The highest BCUT2D eigenvalue weighted by Crippen LogP contribution is 2.14. The van der Waals surface area contributed by atoms with Crippen molar-refractivity contribution in [2.24, 2.45) is 0 Å². The van der Waals surface area contributed by atoms with Crippen LogP contribution in [0.2, 0.25) is 0 Å². The van der Waals surface area contributed by atoms with Gasteiger partial charge in [0.25, 0.3) is 5.95 Å². The Morgan fingerprint density at radius 1 is 1.29 bits per heavy atom. The smallest absolute Gasteiger partial charge is 0.265 e. The lowest BCUT2D eigenvalue weighted by atomic mass is 10.1. The number of hydrogen-bond acceptors (Lipinski definition) is 5. The van der Waals surface area contributed by atoms with Gasteiger partial charge in [0.1, 0.15) is 5.75 Å². The first-order valence-corrected chi connectivity index (χ1v) is 5.50. The maximum atomic E-state index is 9.17. The maximum Gasteiger partial charge on any atom is 0.265 e. The van der Waals surface area contributed by atoms with Gasteiger partial charge < -0.3 is 14.5 Å². The normalized spacial score (nSPS) is 10.5. The highest BCUT2D eigenvalue weighted by molar-refractivity contribution is 5.29. The summed E-state index contributed by atoms with van der Waals surface area (Å²) in [5, 5.41) is 13.1. The van der Waals surface area contributed by atoms with Crippen molar-refractivity contribution in [1.82, 2.24) is 10.1 Å². The quantitative estimate of drug-likeness (QED) is 0.872. The lowest BCUT2D eigenvalue weighted by Gasteiger charge is -2.08. The van der Waals surface area contributed by atoms with E-state index in [9.17, 15) is 5.11 Å². The van der Waals surface area contributed by atoms with E-state index in [4.69, 9.17) is 4.52 Å². The molecule has 0 spiro atoms. The summed E-state index contributed by atoms with van der Waals surface area (Å²) in [6, 6.07) is 6.96. The van der Waals surface area contributed by atoms with Crippen LogP contribution in [-0.2, 0) is 6.42 Å². The Morgan fingerprint density at radius 2 is 2.00 bits per heavy atom. The fraction of sp³-hybridized carbons (Fsp3) is 0.333. The molecule has 2 aromatic rings. The molecule has 0 saturated carbocycles. The third-order valence-electron chi connectivity index (χ3n) is 2.56. The van der Waals surface area contributed by atoms with Crippen molar-refractivity contribution >= 4 is 5.95 Å². The van der Waals surface area contributed by atoms with Gasteiger partial charge in [-0.25, -0.2) is 0 Å². The van der Waals surface area contributed by atoms with Crippen molar-refractivity contribution < 1.29 is 9.63 Å². The first-order chi connectivity index (χ1) is 8.19. The number of aromatic nitrogens is 2. The summed E-state index contributed by atoms with van der Waals surface area (Å²) in [7, 11) is 1.91. The van der Waals surface area contributed by atoms with E-state index in [0.29, 0.717) is 18.3 Å². The number of phenolic OH excluding ortho intramolecular Hbond substituents is 1. The minimum atomic E-state index is 0.255. The molecule has 0 fully saturated rings. The van der Waals surface area contributed by atoms with E-state index in [1.165, 1.54) is 0 Å². The first kappa shape index (κ1) is 11.4. The molecule has 0 radical (unpaired) electrons. The average molecular weight is 233 g/mol. The van der Waals surface area contributed by atoms with E-state index in [1.54, 1.807) is 12.1 Å². The lowest BCUT2D eigenvalue weighted by Crippen LogP contribution is -2.17. The SMILES string of the molecule is CCN(C)c1noc(Cc2ccc(O)cc2)n1. The molecule has 0 aliphatic heterocycles. The summed E-state index contributed by atoms with van der Waals surface area (Å²) < 4.78 is 5.16. The average Bonchev–Trinajstić information content (AvgIpc) is 2.80. The zero-order valence-corrected chi connectivity index (χ0v) is 9.92. The predicted molar refractivity (Wildman–Crippen MR) is 64.2 cm³/mol. The molecule has 5 heteroatoms. The van der Waals surface area contributed by atoms with Crippen LogP contribution in [0, 0.1) is 0 Å². The zero-order valence-electron chi connectivity index (χ0n) is 9.92. The largest absolute Gasteiger partial charge is 0.508 e. The van der Waals surface area contributed by atoms with Crippen LogP contribution in [0.1, 0.15) is 18.4 Å². The number of nitrogens with zero attached hydrogens (tertiary/aromatic N) is 3. The standard InChI is InChI=1S/C12H15N3O2/c1-3-15(2)12-13-11(17-14-12)8-9-4-6-10(16)7-5-9/h4-7,16H,3,8H2,1-2H3. The second-order valence-corrected chi connectivity index (χ2v) is 3.85. The summed E-state index contributed by atoms with van der Waals surface area (Å²) in [4.78, 5) is 6.19. The fourth-order valence-electron chi connectivity index (χ4n) is 1.40. The van der Waals surface area contributed by atoms with Crippen molar-refractivity contribution in [3.8, 4) is 5.75 Å². The second-order valence-electron chi connectivity index (χ2n) is 3.85. The Kier molecular flexibility index (Phi) is 3.27. The van der Waals surface area contributed by atoms with E-state index in [0.717, 1.165) is 12.1 Å². The first-order valence-electron chi connectivity index (χ1n) is 5.50. The van der Waals surface area contributed by atoms with Crippen LogP contribution in [-0.4, -0.2) is 28.8 Å². The van der Waals surface area contributed by atoms with Crippen molar-refractivity contribution in [3.05, 3.63) is 35.7 Å². The highest BCUT2D eigenvalue weighted by atomic mass is 16.5. The van der Waals surface area contributed by atoms with Gasteiger partial charge in [-0.3, -0.25) is 0 Å². The Labute approximate surface area is 99.7 Å². The van der Waals surface area contributed by atoms with Gasteiger partial charge >= 0.3 is 0 Å². The van der Waals surface area contributed by atoms with Crippen LogP contribution < -0.4 is 4.90 Å². The van der Waals surface area contributed by atoms with Crippen LogP contribution in [0.25, 0.3) is 0 Å². The van der Waals surface area contributed by atoms with Gasteiger partial charge in [-0.05, 0) is 29.8 Å². The van der Waals surface area contributed by atoms with Gasteiger partial charge in [-0.1, -0.05) is 12.1 Å². The van der Waals surface area contributed by atoms with Crippen LogP contribution in [0.3, 0.4) is 0 Å². The van der Waals surface area contributed by atoms with E-state index in [2.05, 4.69) is 10.1 Å². The second kappa shape index (κ2) is 4.86. The van der Waals surface area contributed by atoms with E-state index in [1.807, 2.05) is 31.0 Å². The van der Waals surface area contributed by atoms with Gasteiger partial charge in [0, 0.05) is 13.6 Å². The third-order valence-corrected chi connectivity index (χ3v) is 2.56.